The zero-order valence-electron chi connectivity index (χ0n) is 22.0. The highest BCUT2D eigenvalue weighted by Gasteiger charge is 2.14. The van der Waals surface area contributed by atoms with Crippen molar-refractivity contribution in [1.29, 1.82) is 0 Å². The van der Waals surface area contributed by atoms with Crippen molar-refractivity contribution < 1.29 is 14.0 Å². The molecule has 10 heteroatoms. The predicted molar refractivity (Wildman–Crippen MR) is 165 cm³/mol. The molecule has 2 heterocycles. The van der Waals surface area contributed by atoms with Gasteiger partial charge in [-0.05, 0) is 66.2 Å². The van der Waals surface area contributed by atoms with Crippen molar-refractivity contribution in [3.05, 3.63) is 119 Å². The summed E-state index contributed by atoms with van der Waals surface area (Å²) < 4.78 is 5.79. The number of H-pyrrole nitrogens is 1. The zero-order valence-corrected chi connectivity index (χ0v) is 23.5. The summed E-state index contributed by atoms with van der Waals surface area (Å²) in [6.45, 7) is 0. The minimum Gasteiger partial charge on any atom is -0.411 e. The molecular formula is C32H22ClN5O3S. The summed E-state index contributed by atoms with van der Waals surface area (Å²) in [6, 6.07) is 29.5. The van der Waals surface area contributed by atoms with E-state index in [9.17, 15) is 9.59 Å². The summed E-state index contributed by atoms with van der Waals surface area (Å²) >= 11 is 7.03. The Balaban J connectivity index is 1.03. The van der Waals surface area contributed by atoms with E-state index >= 15 is 0 Å². The molecule has 0 aliphatic rings. The van der Waals surface area contributed by atoms with Crippen molar-refractivity contribution >= 4 is 57.9 Å². The van der Waals surface area contributed by atoms with Gasteiger partial charge < -0.3 is 14.7 Å². The Kier molecular flexibility index (Phi) is 7.94. The molecule has 6 rings (SSSR count). The van der Waals surface area contributed by atoms with Crippen molar-refractivity contribution in [1.82, 2.24) is 20.2 Å². The van der Waals surface area contributed by atoms with Crippen molar-refractivity contribution in [3.63, 3.8) is 0 Å². The summed E-state index contributed by atoms with van der Waals surface area (Å²) in [5.41, 5.74) is 5.38. The van der Waals surface area contributed by atoms with Crippen LogP contribution in [0.1, 0.15) is 15.9 Å². The largest absolute Gasteiger partial charge is 0.411 e. The summed E-state index contributed by atoms with van der Waals surface area (Å²) in [4.78, 5) is 33.0. The van der Waals surface area contributed by atoms with E-state index in [2.05, 4.69) is 25.5 Å². The SMILES string of the molecule is O=C(CSc1nnc(-c2ccc3nc(-c4ccccc4)[nH]c3c2)o1)Nc1ccc(C(=O)/C=C/c2ccc(Cl)cc2)cc1. The van der Waals surface area contributed by atoms with Crippen LogP contribution in [0.4, 0.5) is 5.69 Å². The molecule has 0 saturated heterocycles. The number of rotatable bonds is 9. The minimum atomic E-state index is -0.242. The van der Waals surface area contributed by atoms with Crippen LogP contribution in [0.2, 0.25) is 5.02 Å². The van der Waals surface area contributed by atoms with E-state index in [0.29, 0.717) is 22.2 Å². The molecule has 0 fully saturated rings. The first kappa shape index (κ1) is 27.2. The van der Waals surface area contributed by atoms with Crippen LogP contribution in [0, 0.1) is 0 Å². The number of carbonyl (C=O) groups excluding carboxylic acids is 2. The first-order valence-electron chi connectivity index (χ1n) is 12.9. The van der Waals surface area contributed by atoms with Crippen molar-refractivity contribution in [2.24, 2.45) is 0 Å². The van der Waals surface area contributed by atoms with Crippen LogP contribution in [0.15, 0.2) is 113 Å². The summed E-state index contributed by atoms with van der Waals surface area (Å²) in [5.74, 6) is 0.818. The predicted octanol–water partition coefficient (Wildman–Crippen LogP) is 7.56. The van der Waals surface area contributed by atoms with Gasteiger partial charge in [0.25, 0.3) is 5.22 Å². The molecule has 0 radical (unpaired) electrons. The molecule has 0 aliphatic carbocycles. The van der Waals surface area contributed by atoms with Gasteiger partial charge in [-0.3, -0.25) is 9.59 Å². The van der Waals surface area contributed by atoms with E-state index < -0.39 is 0 Å². The number of allylic oxidation sites excluding steroid dienone is 1. The fourth-order valence-corrected chi connectivity index (χ4v) is 4.83. The number of anilines is 1. The van der Waals surface area contributed by atoms with E-state index in [1.807, 2.05) is 60.7 Å². The summed E-state index contributed by atoms with van der Waals surface area (Å²) in [7, 11) is 0. The van der Waals surface area contributed by atoms with Gasteiger partial charge in [0.15, 0.2) is 5.78 Å². The van der Waals surface area contributed by atoms with E-state index in [1.165, 1.54) is 6.08 Å². The second-order valence-electron chi connectivity index (χ2n) is 9.22. The number of amides is 1. The molecule has 206 valence electrons. The van der Waals surface area contributed by atoms with Crippen molar-refractivity contribution in [2.45, 2.75) is 5.22 Å². The third kappa shape index (κ3) is 6.49. The number of thioether (sulfide) groups is 1. The quantitative estimate of drug-likeness (QED) is 0.101. The van der Waals surface area contributed by atoms with Gasteiger partial charge >= 0.3 is 0 Å². The van der Waals surface area contributed by atoms with E-state index in [-0.39, 0.29) is 22.7 Å². The lowest BCUT2D eigenvalue weighted by Gasteiger charge is -2.05. The van der Waals surface area contributed by atoms with Crippen LogP contribution in [-0.4, -0.2) is 37.6 Å². The first-order chi connectivity index (χ1) is 20.5. The summed E-state index contributed by atoms with van der Waals surface area (Å²) in [5, 5.41) is 11.9. The van der Waals surface area contributed by atoms with E-state index in [1.54, 1.807) is 42.5 Å². The van der Waals surface area contributed by atoms with Crippen LogP contribution in [-0.2, 0) is 4.79 Å². The molecule has 0 aliphatic heterocycles. The Morgan fingerprint density at radius 1 is 0.905 bits per heavy atom. The lowest BCUT2D eigenvalue weighted by atomic mass is 10.1. The van der Waals surface area contributed by atoms with Gasteiger partial charge in [-0.2, -0.15) is 0 Å². The molecule has 1 amide bonds. The third-order valence-electron chi connectivity index (χ3n) is 6.26. The molecule has 6 aromatic rings. The number of carbonyl (C=O) groups is 2. The Labute approximate surface area is 249 Å². The number of ketones is 1. The number of fused-ring (bicyclic) bond motifs is 1. The van der Waals surface area contributed by atoms with E-state index in [4.69, 9.17) is 16.0 Å². The molecule has 2 aromatic heterocycles. The van der Waals surface area contributed by atoms with Gasteiger partial charge in [0, 0.05) is 27.4 Å². The lowest BCUT2D eigenvalue weighted by Crippen LogP contribution is -2.14. The Bertz CT molecular complexity index is 1900. The molecule has 0 bridgehead atoms. The maximum Gasteiger partial charge on any atom is 0.277 e. The first-order valence-corrected chi connectivity index (χ1v) is 14.3. The number of aromatic nitrogens is 4. The Morgan fingerprint density at radius 3 is 2.48 bits per heavy atom. The van der Waals surface area contributed by atoms with E-state index in [0.717, 1.165) is 45.3 Å². The van der Waals surface area contributed by atoms with Gasteiger partial charge in [-0.15, -0.1) is 10.2 Å². The van der Waals surface area contributed by atoms with Crippen LogP contribution in [0.5, 0.6) is 0 Å². The number of halogens is 1. The van der Waals surface area contributed by atoms with Crippen molar-refractivity contribution in [3.8, 4) is 22.8 Å². The number of imidazole rings is 1. The lowest BCUT2D eigenvalue weighted by molar-refractivity contribution is -0.113. The topological polar surface area (TPSA) is 114 Å². The van der Waals surface area contributed by atoms with Gasteiger partial charge in [0.05, 0.1) is 16.8 Å². The van der Waals surface area contributed by atoms with Crippen molar-refractivity contribution in [2.75, 3.05) is 11.1 Å². The Morgan fingerprint density at radius 2 is 1.69 bits per heavy atom. The molecule has 0 saturated carbocycles. The molecule has 4 aromatic carbocycles. The van der Waals surface area contributed by atoms with Gasteiger partial charge in [0.1, 0.15) is 5.82 Å². The highest BCUT2D eigenvalue weighted by Crippen LogP contribution is 2.27. The number of benzene rings is 4. The number of aromatic amines is 1. The molecule has 0 unspecified atom stereocenters. The Hall–Kier alpha value is -4.99. The van der Waals surface area contributed by atoms with Crippen LogP contribution >= 0.6 is 23.4 Å². The zero-order chi connectivity index (χ0) is 28.9. The maximum atomic E-state index is 12.5. The molecule has 0 atom stereocenters. The number of hydrogen-bond acceptors (Lipinski definition) is 7. The second kappa shape index (κ2) is 12.3. The molecule has 8 nitrogen and oxygen atoms in total. The highest BCUT2D eigenvalue weighted by atomic mass is 35.5. The number of nitrogens with one attached hydrogen (secondary N) is 2. The fourth-order valence-electron chi connectivity index (χ4n) is 4.14. The molecule has 2 N–H and O–H groups in total. The number of hydrogen-bond donors (Lipinski definition) is 2. The second-order valence-corrected chi connectivity index (χ2v) is 10.6. The monoisotopic (exact) mass is 591 g/mol. The smallest absolute Gasteiger partial charge is 0.277 e. The normalized spacial score (nSPS) is 11.3. The van der Waals surface area contributed by atoms with Gasteiger partial charge in [-0.25, -0.2) is 4.98 Å². The standard InChI is InChI=1S/C32H22ClN5O3S/c33-24-12-6-20(7-13-24)8-17-28(39)21-9-14-25(15-10-21)34-29(40)19-42-32-38-37-31(41-32)23-11-16-26-27(18-23)36-30(35-26)22-4-2-1-3-5-22/h1-18H,19H2,(H,34,40)(H,35,36)/b17-8+. The van der Waals surface area contributed by atoms with Gasteiger partial charge in [-0.1, -0.05) is 71.9 Å². The van der Waals surface area contributed by atoms with Gasteiger partial charge in [0.2, 0.25) is 11.8 Å². The molecule has 42 heavy (non-hydrogen) atoms. The third-order valence-corrected chi connectivity index (χ3v) is 7.33. The van der Waals surface area contributed by atoms with Crippen LogP contribution < -0.4 is 5.32 Å². The molecule has 0 spiro atoms. The molecular weight excluding hydrogens is 570 g/mol. The average molecular weight is 592 g/mol. The minimum absolute atomic E-state index is 0.0756. The maximum absolute atomic E-state index is 12.5. The van der Waals surface area contributed by atoms with Crippen LogP contribution in [0.25, 0.3) is 40.0 Å². The average Bonchev–Trinajstić information content (AvgIpc) is 3.68. The highest BCUT2D eigenvalue weighted by molar-refractivity contribution is 7.99. The number of nitrogens with zero attached hydrogens (tertiary/aromatic N) is 3. The van der Waals surface area contributed by atoms with Crippen LogP contribution in [0.3, 0.4) is 0 Å². The fraction of sp³-hybridized carbons (Fsp3) is 0.0312. The summed E-state index contributed by atoms with van der Waals surface area (Å²) in [6.07, 6.45) is 3.23.